The monoisotopic (exact) mass is 316 g/mol. The SMILES string of the molecule is Cc1ccc(O)c(CN(CC(O)c2ccc(F)cc2)C2CC2)n1. The van der Waals surface area contributed by atoms with E-state index >= 15 is 0 Å². The maximum absolute atomic E-state index is 13.0. The molecule has 5 heteroatoms. The lowest BCUT2D eigenvalue weighted by Gasteiger charge is -2.25. The molecular weight excluding hydrogens is 295 g/mol. The van der Waals surface area contributed by atoms with Crippen LogP contribution < -0.4 is 0 Å². The summed E-state index contributed by atoms with van der Waals surface area (Å²) in [5.41, 5.74) is 2.18. The van der Waals surface area contributed by atoms with Crippen LogP contribution in [0.5, 0.6) is 5.75 Å². The van der Waals surface area contributed by atoms with Gasteiger partial charge in [0.05, 0.1) is 11.8 Å². The van der Waals surface area contributed by atoms with E-state index in [1.165, 1.54) is 12.1 Å². The van der Waals surface area contributed by atoms with Crippen LogP contribution in [0.15, 0.2) is 36.4 Å². The van der Waals surface area contributed by atoms with E-state index in [2.05, 4.69) is 9.88 Å². The van der Waals surface area contributed by atoms with Crippen molar-refractivity contribution < 1.29 is 14.6 Å². The van der Waals surface area contributed by atoms with Gasteiger partial charge in [0.2, 0.25) is 0 Å². The lowest BCUT2D eigenvalue weighted by atomic mass is 10.1. The summed E-state index contributed by atoms with van der Waals surface area (Å²) in [5, 5.41) is 20.4. The number of rotatable bonds is 6. The van der Waals surface area contributed by atoms with E-state index in [-0.39, 0.29) is 11.6 Å². The molecule has 1 heterocycles. The number of hydrogen-bond donors (Lipinski definition) is 2. The molecular formula is C18H21FN2O2. The van der Waals surface area contributed by atoms with Crippen LogP contribution in [0.3, 0.4) is 0 Å². The van der Waals surface area contributed by atoms with Crippen LogP contribution in [0.25, 0.3) is 0 Å². The molecule has 1 atom stereocenters. The molecule has 2 N–H and O–H groups in total. The van der Waals surface area contributed by atoms with Gasteiger partial charge in [0, 0.05) is 24.8 Å². The number of aromatic nitrogens is 1. The molecule has 2 aromatic rings. The van der Waals surface area contributed by atoms with E-state index < -0.39 is 6.10 Å². The van der Waals surface area contributed by atoms with Crippen molar-refractivity contribution in [2.45, 2.75) is 38.5 Å². The van der Waals surface area contributed by atoms with Gasteiger partial charge < -0.3 is 10.2 Å². The van der Waals surface area contributed by atoms with Gasteiger partial charge in [-0.15, -0.1) is 0 Å². The first-order chi connectivity index (χ1) is 11.0. The number of halogens is 1. The van der Waals surface area contributed by atoms with E-state index in [0.717, 1.165) is 18.5 Å². The van der Waals surface area contributed by atoms with Crippen LogP contribution in [-0.2, 0) is 6.54 Å². The Morgan fingerprint density at radius 2 is 1.91 bits per heavy atom. The van der Waals surface area contributed by atoms with Crippen molar-refractivity contribution >= 4 is 0 Å². The van der Waals surface area contributed by atoms with Gasteiger partial charge in [-0.3, -0.25) is 9.88 Å². The van der Waals surface area contributed by atoms with Crippen molar-refractivity contribution in [1.29, 1.82) is 0 Å². The Morgan fingerprint density at radius 1 is 1.22 bits per heavy atom. The third-order valence-corrected chi connectivity index (χ3v) is 4.17. The third kappa shape index (κ3) is 4.06. The molecule has 0 amide bonds. The molecule has 1 aromatic heterocycles. The van der Waals surface area contributed by atoms with E-state index in [4.69, 9.17) is 0 Å². The van der Waals surface area contributed by atoms with Gasteiger partial charge in [-0.1, -0.05) is 12.1 Å². The summed E-state index contributed by atoms with van der Waals surface area (Å²) in [4.78, 5) is 6.53. The summed E-state index contributed by atoms with van der Waals surface area (Å²) in [6, 6.07) is 9.75. The summed E-state index contributed by atoms with van der Waals surface area (Å²) < 4.78 is 13.0. The molecule has 1 aromatic carbocycles. The second kappa shape index (κ2) is 6.64. The maximum atomic E-state index is 13.0. The first kappa shape index (κ1) is 15.9. The Labute approximate surface area is 135 Å². The minimum Gasteiger partial charge on any atom is -0.506 e. The Balaban J connectivity index is 1.72. The van der Waals surface area contributed by atoms with Crippen LogP contribution in [0, 0.1) is 12.7 Å². The highest BCUT2D eigenvalue weighted by molar-refractivity contribution is 5.28. The maximum Gasteiger partial charge on any atom is 0.138 e. The average Bonchev–Trinajstić information content (AvgIpc) is 3.35. The second-order valence-electron chi connectivity index (χ2n) is 6.15. The summed E-state index contributed by atoms with van der Waals surface area (Å²) in [6.45, 7) is 2.82. The van der Waals surface area contributed by atoms with Gasteiger partial charge in [0.25, 0.3) is 0 Å². The quantitative estimate of drug-likeness (QED) is 0.860. The number of hydrogen-bond acceptors (Lipinski definition) is 4. The molecule has 1 fully saturated rings. The van der Waals surface area contributed by atoms with Gasteiger partial charge in [-0.2, -0.15) is 0 Å². The van der Waals surface area contributed by atoms with Crippen LogP contribution in [-0.4, -0.2) is 32.7 Å². The lowest BCUT2D eigenvalue weighted by molar-refractivity contribution is 0.103. The minimum atomic E-state index is -0.692. The van der Waals surface area contributed by atoms with Crippen molar-refractivity contribution in [3.05, 3.63) is 59.2 Å². The van der Waals surface area contributed by atoms with Crippen molar-refractivity contribution in [1.82, 2.24) is 9.88 Å². The topological polar surface area (TPSA) is 56.6 Å². The van der Waals surface area contributed by atoms with Crippen molar-refractivity contribution in [3.63, 3.8) is 0 Å². The number of aliphatic hydroxyl groups is 1. The van der Waals surface area contributed by atoms with Crippen molar-refractivity contribution in [2.24, 2.45) is 0 Å². The van der Waals surface area contributed by atoms with E-state index in [1.54, 1.807) is 24.3 Å². The zero-order valence-electron chi connectivity index (χ0n) is 13.1. The Hall–Kier alpha value is -1.98. The zero-order valence-corrected chi connectivity index (χ0v) is 13.1. The Morgan fingerprint density at radius 3 is 2.57 bits per heavy atom. The Bertz CT molecular complexity index is 671. The van der Waals surface area contributed by atoms with Crippen LogP contribution in [0.1, 0.15) is 35.9 Å². The van der Waals surface area contributed by atoms with Crippen molar-refractivity contribution in [2.75, 3.05) is 6.54 Å². The highest BCUT2D eigenvalue weighted by Gasteiger charge is 2.31. The molecule has 3 rings (SSSR count). The molecule has 23 heavy (non-hydrogen) atoms. The van der Waals surface area contributed by atoms with E-state index in [0.29, 0.717) is 30.4 Å². The fraction of sp³-hybridized carbons (Fsp3) is 0.389. The first-order valence-electron chi connectivity index (χ1n) is 7.86. The highest BCUT2D eigenvalue weighted by atomic mass is 19.1. The summed E-state index contributed by atoms with van der Waals surface area (Å²) in [7, 11) is 0. The summed E-state index contributed by atoms with van der Waals surface area (Å²) in [6.07, 6.45) is 1.48. The van der Waals surface area contributed by atoms with Crippen molar-refractivity contribution in [3.8, 4) is 5.75 Å². The predicted octanol–water partition coefficient (Wildman–Crippen LogP) is 2.93. The molecule has 4 nitrogen and oxygen atoms in total. The molecule has 0 bridgehead atoms. The summed E-state index contributed by atoms with van der Waals surface area (Å²) >= 11 is 0. The highest BCUT2D eigenvalue weighted by Crippen LogP contribution is 2.31. The standard InChI is InChI=1S/C18H21FN2O2/c1-12-2-9-17(22)16(20-12)10-21(15-7-8-15)11-18(23)13-3-5-14(19)6-4-13/h2-6,9,15,18,22-23H,7-8,10-11H2,1H3. The molecule has 1 aliphatic rings. The van der Waals surface area contributed by atoms with Gasteiger partial charge in [-0.25, -0.2) is 4.39 Å². The van der Waals surface area contributed by atoms with Gasteiger partial charge >= 0.3 is 0 Å². The number of aryl methyl sites for hydroxylation is 1. The smallest absolute Gasteiger partial charge is 0.138 e. The van der Waals surface area contributed by atoms with Crippen LogP contribution in [0.4, 0.5) is 4.39 Å². The van der Waals surface area contributed by atoms with Crippen LogP contribution in [0.2, 0.25) is 0 Å². The molecule has 1 aliphatic carbocycles. The van der Waals surface area contributed by atoms with Gasteiger partial charge in [0.1, 0.15) is 11.6 Å². The lowest BCUT2D eigenvalue weighted by Crippen LogP contribution is -2.30. The summed E-state index contributed by atoms with van der Waals surface area (Å²) in [5.74, 6) is -0.133. The third-order valence-electron chi connectivity index (χ3n) is 4.17. The number of aromatic hydroxyl groups is 1. The average molecular weight is 316 g/mol. The number of benzene rings is 1. The predicted molar refractivity (Wildman–Crippen MR) is 85.4 cm³/mol. The second-order valence-corrected chi connectivity index (χ2v) is 6.15. The number of aliphatic hydroxyl groups excluding tert-OH is 1. The molecule has 0 spiro atoms. The Kier molecular flexibility index (Phi) is 4.59. The fourth-order valence-electron chi connectivity index (χ4n) is 2.71. The van der Waals surface area contributed by atoms with E-state index in [1.807, 2.05) is 6.92 Å². The minimum absolute atomic E-state index is 0.178. The van der Waals surface area contributed by atoms with Crippen LogP contribution >= 0.6 is 0 Å². The molecule has 1 unspecified atom stereocenters. The first-order valence-corrected chi connectivity index (χ1v) is 7.86. The molecule has 0 radical (unpaired) electrons. The van der Waals surface area contributed by atoms with Gasteiger partial charge in [0.15, 0.2) is 0 Å². The van der Waals surface area contributed by atoms with E-state index in [9.17, 15) is 14.6 Å². The number of pyridine rings is 1. The number of nitrogens with zero attached hydrogens (tertiary/aromatic N) is 2. The molecule has 0 saturated heterocycles. The molecule has 1 saturated carbocycles. The zero-order chi connectivity index (χ0) is 16.4. The largest absolute Gasteiger partial charge is 0.506 e. The molecule has 122 valence electrons. The fourth-order valence-corrected chi connectivity index (χ4v) is 2.71. The van der Waals surface area contributed by atoms with Gasteiger partial charge in [-0.05, 0) is 49.6 Å². The normalized spacial score (nSPS) is 15.8. The molecule has 0 aliphatic heterocycles.